The first-order chi connectivity index (χ1) is 13.7. The molecule has 1 aliphatic rings. The molecule has 1 aromatic heterocycles. The Hall–Kier alpha value is -3.02. The van der Waals surface area contributed by atoms with E-state index in [-0.39, 0.29) is 11.6 Å². The minimum Gasteiger partial charge on any atom is -0.369 e. The van der Waals surface area contributed by atoms with Gasteiger partial charge < -0.3 is 14.7 Å². The van der Waals surface area contributed by atoms with Crippen LogP contribution in [0.5, 0.6) is 0 Å². The van der Waals surface area contributed by atoms with Crippen LogP contribution in [0, 0.1) is 11.3 Å². The van der Waals surface area contributed by atoms with E-state index in [1.807, 2.05) is 37.0 Å². The van der Waals surface area contributed by atoms with Gasteiger partial charge in [0, 0.05) is 52.2 Å². The van der Waals surface area contributed by atoms with Crippen LogP contribution < -0.4 is 14.7 Å². The lowest BCUT2D eigenvalue weighted by Crippen LogP contribution is -2.47. The van der Waals surface area contributed by atoms with Gasteiger partial charge in [-0.3, -0.25) is 0 Å². The molecular formula is C20H23F3N6. The highest BCUT2D eigenvalue weighted by molar-refractivity contribution is 5.56. The first kappa shape index (κ1) is 20.7. The SMILES string of the molecule is CN(C)c1nccc(N(C)C2CCCN(c3ccc(C#N)c(C(F)(F)F)c3)C2)n1. The van der Waals surface area contributed by atoms with E-state index in [2.05, 4.69) is 14.9 Å². The highest BCUT2D eigenvalue weighted by Crippen LogP contribution is 2.35. The van der Waals surface area contributed by atoms with Crippen LogP contribution in [0.25, 0.3) is 0 Å². The van der Waals surface area contributed by atoms with Gasteiger partial charge in [-0.25, -0.2) is 4.98 Å². The van der Waals surface area contributed by atoms with Gasteiger partial charge in [-0.05, 0) is 37.1 Å². The van der Waals surface area contributed by atoms with Crippen LogP contribution in [0.4, 0.5) is 30.6 Å². The summed E-state index contributed by atoms with van der Waals surface area (Å²) in [5.74, 6) is 1.37. The minimum absolute atomic E-state index is 0.0960. The van der Waals surface area contributed by atoms with E-state index >= 15 is 0 Å². The third kappa shape index (κ3) is 4.53. The summed E-state index contributed by atoms with van der Waals surface area (Å²) in [7, 11) is 5.67. The second-order valence-corrected chi connectivity index (χ2v) is 7.30. The molecule has 3 rings (SSSR count). The van der Waals surface area contributed by atoms with Gasteiger partial charge in [0.1, 0.15) is 5.82 Å². The van der Waals surface area contributed by atoms with E-state index in [4.69, 9.17) is 5.26 Å². The van der Waals surface area contributed by atoms with Crippen molar-refractivity contribution in [3.63, 3.8) is 0 Å². The number of nitriles is 1. The van der Waals surface area contributed by atoms with Gasteiger partial charge in [-0.2, -0.15) is 23.4 Å². The molecule has 2 aromatic rings. The lowest BCUT2D eigenvalue weighted by molar-refractivity contribution is -0.137. The Balaban J connectivity index is 1.82. The van der Waals surface area contributed by atoms with Crippen molar-refractivity contribution in [2.75, 3.05) is 48.9 Å². The number of benzene rings is 1. The van der Waals surface area contributed by atoms with Crippen molar-refractivity contribution < 1.29 is 13.2 Å². The van der Waals surface area contributed by atoms with Crippen LogP contribution in [0.1, 0.15) is 24.0 Å². The molecule has 1 fully saturated rings. The van der Waals surface area contributed by atoms with E-state index < -0.39 is 11.7 Å². The standard InChI is InChI=1S/C20H23F3N6/c1-27(2)19-25-9-8-18(26-19)28(3)16-5-4-10-29(13-16)15-7-6-14(12-24)17(11-15)20(21,22)23/h6-9,11,16H,4-5,10,13H2,1-3H3. The third-order valence-electron chi connectivity index (χ3n) is 5.13. The van der Waals surface area contributed by atoms with E-state index in [1.54, 1.807) is 18.3 Å². The number of likely N-dealkylation sites (N-methyl/N-ethyl adjacent to an activating group) is 1. The molecule has 1 aromatic carbocycles. The van der Waals surface area contributed by atoms with Crippen LogP contribution in [-0.2, 0) is 6.18 Å². The van der Waals surface area contributed by atoms with Crippen LogP contribution in [0.3, 0.4) is 0 Å². The van der Waals surface area contributed by atoms with Crippen molar-refractivity contribution in [3.8, 4) is 6.07 Å². The fraction of sp³-hybridized carbons (Fsp3) is 0.450. The number of halogens is 3. The van der Waals surface area contributed by atoms with Gasteiger partial charge in [0.15, 0.2) is 0 Å². The molecule has 1 saturated heterocycles. The Morgan fingerprint density at radius 2 is 1.97 bits per heavy atom. The smallest absolute Gasteiger partial charge is 0.369 e. The quantitative estimate of drug-likeness (QED) is 0.777. The van der Waals surface area contributed by atoms with Gasteiger partial charge in [0.25, 0.3) is 0 Å². The van der Waals surface area contributed by atoms with Gasteiger partial charge in [-0.15, -0.1) is 0 Å². The molecule has 0 aliphatic carbocycles. The van der Waals surface area contributed by atoms with Crippen LogP contribution in [0.2, 0.25) is 0 Å². The van der Waals surface area contributed by atoms with Crippen LogP contribution >= 0.6 is 0 Å². The summed E-state index contributed by atoms with van der Waals surface area (Å²) in [5, 5.41) is 9.00. The molecule has 1 unspecified atom stereocenters. The van der Waals surface area contributed by atoms with Crippen molar-refractivity contribution in [3.05, 3.63) is 41.6 Å². The van der Waals surface area contributed by atoms with E-state index in [0.717, 1.165) is 24.7 Å². The highest BCUT2D eigenvalue weighted by atomic mass is 19.4. The summed E-state index contributed by atoms with van der Waals surface area (Å²) < 4.78 is 39.9. The molecule has 2 heterocycles. The van der Waals surface area contributed by atoms with Crippen molar-refractivity contribution in [1.29, 1.82) is 5.26 Å². The minimum atomic E-state index is -4.56. The highest BCUT2D eigenvalue weighted by Gasteiger charge is 2.35. The maximum Gasteiger partial charge on any atom is 0.417 e. The van der Waals surface area contributed by atoms with Crippen molar-refractivity contribution >= 4 is 17.5 Å². The molecular weight excluding hydrogens is 381 g/mol. The van der Waals surface area contributed by atoms with Crippen LogP contribution in [0.15, 0.2) is 30.5 Å². The molecule has 154 valence electrons. The number of rotatable bonds is 4. The maximum atomic E-state index is 13.3. The number of aromatic nitrogens is 2. The average molecular weight is 404 g/mol. The number of alkyl halides is 3. The monoisotopic (exact) mass is 404 g/mol. The summed E-state index contributed by atoms with van der Waals surface area (Å²) in [6.45, 7) is 1.24. The topological polar surface area (TPSA) is 59.3 Å². The molecule has 0 amide bonds. The Kier molecular flexibility index (Phi) is 5.82. The van der Waals surface area contributed by atoms with E-state index in [0.29, 0.717) is 24.7 Å². The summed E-state index contributed by atoms with van der Waals surface area (Å²) in [5.41, 5.74) is -0.769. The second-order valence-electron chi connectivity index (χ2n) is 7.30. The molecule has 6 nitrogen and oxygen atoms in total. The van der Waals surface area contributed by atoms with Gasteiger partial charge in [0.05, 0.1) is 17.2 Å². The molecule has 1 aliphatic heterocycles. The number of nitrogens with zero attached hydrogens (tertiary/aromatic N) is 6. The third-order valence-corrected chi connectivity index (χ3v) is 5.13. The number of hydrogen-bond acceptors (Lipinski definition) is 6. The zero-order valence-electron chi connectivity index (χ0n) is 16.6. The molecule has 0 spiro atoms. The Bertz CT molecular complexity index is 906. The Morgan fingerprint density at radius 3 is 2.62 bits per heavy atom. The van der Waals surface area contributed by atoms with Crippen LogP contribution in [-0.4, -0.2) is 50.2 Å². The van der Waals surface area contributed by atoms with Gasteiger partial charge >= 0.3 is 6.18 Å². The normalized spacial score (nSPS) is 17.0. The number of anilines is 3. The molecule has 0 N–H and O–H groups in total. The molecule has 0 bridgehead atoms. The first-order valence-electron chi connectivity index (χ1n) is 9.30. The van der Waals surface area contributed by atoms with Gasteiger partial charge in [-0.1, -0.05) is 0 Å². The summed E-state index contributed by atoms with van der Waals surface area (Å²) >= 11 is 0. The molecule has 0 saturated carbocycles. The van der Waals surface area contributed by atoms with Crippen molar-refractivity contribution in [2.24, 2.45) is 0 Å². The molecule has 9 heteroatoms. The largest absolute Gasteiger partial charge is 0.417 e. The number of piperidine rings is 1. The Morgan fingerprint density at radius 1 is 1.21 bits per heavy atom. The fourth-order valence-corrected chi connectivity index (χ4v) is 3.50. The zero-order valence-corrected chi connectivity index (χ0v) is 16.6. The average Bonchev–Trinajstić information content (AvgIpc) is 2.72. The predicted molar refractivity (Wildman–Crippen MR) is 106 cm³/mol. The van der Waals surface area contributed by atoms with Crippen molar-refractivity contribution in [2.45, 2.75) is 25.1 Å². The lowest BCUT2D eigenvalue weighted by atomic mass is 10.0. The summed E-state index contributed by atoms with van der Waals surface area (Å²) in [6.07, 6.45) is -1.10. The van der Waals surface area contributed by atoms with E-state index in [1.165, 1.54) is 6.07 Å². The lowest BCUT2D eigenvalue weighted by Gasteiger charge is -2.39. The van der Waals surface area contributed by atoms with Gasteiger partial charge in [0.2, 0.25) is 5.95 Å². The summed E-state index contributed by atoms with van der Waals surface area (Å²) in [4.78, 5) is 14.6. The molecule has 29 heavy (non-hydrogen) atoms. The maximum absolute atomic E-state index is 13.3. The molecule has 1 atom stereocenters. The fourth-order valence-electron chi connectivity index (χ4n) is 3.50. The number of hydrogen-bond donors (Lipinski definition) is 0. The van der Waals surface area contributed by atoms with E-state index in [9.17, 15) is 13.2 Å². The summed E-state index contributed by atoms with van der Waals surface area (Å²) in [6, 6.07) is 7.47. The first-order valence-corrected chi connectivity index (χ1v) is 9.30. The predicted octanol–water partition coefficient (Wildman–Crippen LogP) is 3.54. The van der Waals surface area contributed by atoms with Crippen molar-refractivity contribution in [1.82, 2.24) is 9.97 Å². The second kappa shape index (κ2) is 8.15. The Labute approximate surface area is 168 Å². The zero-order chi connectivity index (χ0) is 21.2. The molecule has 0 radical (unpaired) electrons.